The predicted octanol–water partition coefficient (Wildman–Crippen LogP) is 2.16. The number of aromatic nitrogens is 2. The van der Waals surface area contributed by atoms with E-state index in [1.165, 1.54) is 0 Å². The lowest BCUT2D eigenvalue weighted by atomic mass is 10.1. The molecule has 3 aromatic rings. The molecule has 0 aliphatic carbocycles. The topological polar surface area (TPSA) is 84.2 Å². The number of benzene rings is 2. The van der Waals surface area contributed by atoms with Crippen molar-refractivity contribution in [1.29, 1.82) is 0 Å². The van der Waals surface area contributed by atoms with Crippen molar-refractivity contribution in [1.82, 2.24) is 14.9 Å². The molecular weight excluding hydrogens is 318 g/mol. The number of hydrogen-bond donors (Lipinski definition) is 2. The third kappa shape index (κ3) is 3.85. The zero-order valence-corrected chi connectivity index (χ0v) is 13.8. The molecule has 128 valence electrons. The third-order valence-corrected chi connectivity index (χ3v) is 4.06. The molecule has 1 heterocycles. The highest BCUT2D eigenvalue weighted by atomic mass is 16.4. The molecule has 6 heteroatoms. The van der Waals surface area contributed by atoms with Crippen LogP contribution in [0.1, 0.15) is 11.4 Å². The molecule has 0 saturated carbocycles. The van der Waals surface area contributed by atoms with Crippen LogP contribution in [0.2, 0.25) is 0 Å². The van der Waals surface area contributed by atoms with Crippen LogP contribution in [0.25, 0.3) is 11.0 Å². The number of carboxylic acids is 1. The summed E-state index contributed by atoms with van der Waals surface area (Å²) in [7, 11) is 0. The smallest absolute Gasteiger partial charge is 0.326 e. The average molecular weight is 337 g/mol. The standard InChI is InChI=1S/C19H19N3O3/c1-13-20-15-9-5-6-10-17(15)22(13)12-18(23)21-16(19(24)25)11-14-7-3-2-4-8-14/h2-10,16H,11-12H2,1H3,(H,21,23)(H,24,25). The van der Waals surface area contributed by atoms with Gasteiger partial charge in [0.15, 0.2) is 0 Å². The Bertz CT molecular complexity index is 903. The number of carboxylic acid groups (broad SMARTS) is 1. The van der Waals surface area contributed by atoms with Crippen LogP contribution in [0.5, 0.6) is 0 Å². The first-order valence-corrected chi connectivity index (χ1v) is 8.02. The molecule has 1 aromatic heterocycles. The van der Waals surface area contributed by atoms with Gasteiger partial charge in [0.1, 0.15) is 18.4 Å². The summed E-state index contributed by atoms with van der Waals surface area (Å²) < 4.78 is 1.78. The second-order valence-corrected chi connectivity index (χ2v) is 5.88. The van der Waals surface area contributed by atoms with E-state index in [0.717, 1.165) is 16.6 Å². The van der Waals surface area contributed by atoms with Crippen LogP contribution in [0.15, 0.2) is 54.6 Å². The molecule has 3 rings (SSSR count). The fourth-order valence-corrected chi connectivity index (χ4v) is 2.83. The van der Waals surface area contributed by atoms with E-state index in [1.54, 1.807) is 4.57 Å². The summed E-state index contributed by atoms with van der Waals surface area (Å²) in [5, 5.41) is 12.0. The second kappa shape index (κ2) is 7.17. The normalized spacial score (nSPS) is 12.0. The Morgan fingerprint density at radius 3 is 2.52 bits per heavy atom. The van der Waals surface area contributed by atoms with Crippen LogP contribution in [0, 0.1) is 6.92 Å². The Balaban J connectivity index is 1.73. The van der Waals surface area contributed by atoms with Gasteiger partial charge in [-0.25, -0.2) is 9.78 Å². The van der Waals surface area contributed by atoms with Gasteiger partial charge in [-0.1, -0.05) is 42.5 Å². The molecule has 25 heavy (non-hydrogen) atoms. The van der Waals surface area contributed by atoms with Crippen LogP contribution in [-0.4, -0.2) is 32.6 Å². The van der Waals surface area contributed by atoms with Crippen molar-refractivity contribution in [2.75, 3.05) is 0 Å². The quantitative estimate of drug-likeness (QED) is 0.722. The monoisotopic (exact) mass is 337 g/mol. The van der Waals surface area contributed by atoms with Gasteiger partial charge in [0.05, 0.1) is 11.0 Å². The summed E-state index contributed by atoms with van der Waals surface area (Å²) in [5.41, 5.74) is 2.52. The number of fused-ring (bicyclic) bond motifs is 1. The second-order valence-electron chi connectivity index (χ2n) is 5.88. The van der Waals surface area contributed by atoms with E-state index in [9.17, 15) is 14.7 Å². The Morgan fingerprint density at radius 1 is 1.12 bits per heavy atom. The molecular formula is C19H19N3O3. The van der Waals surface area contributed by atoms with Crippen LogP contribution in [0.4, 0.5) is 0 Å². The number of nitrogens with one attached hydrogen (secondary N) is 1. The Kier molecular flexibility index (Phi) is 4.79. The van der Waals surface area contributed by atoms with E-state index in [4.69, 9.17) is 0 Å². The lowest BCUT2D eigenvalue weighted by molar-refractivity contribution is -0.141. The fourth-order valence-electron chi connectivity index (χ4n) is 2.83. The van der Waals surface area contributed by atoms with Crippen LogP contribution >= 0.6 is 0 Å². The van der Waals surface area contributed by atoms with Gasteiger partial charge in [0.25, 0.3) is 0 Å². The van der Waals surface area contributed by atoms with Crippen LogP contribution < -0.4 is 5.32 Å². The van der Waals surface area contributed by atoms with Gasteiger partial charge in [-0.15, -0.1) is 0 Å². The maximum Gasteiger partial charge on any atom is 0.326 e. The number of para-hydroxylation sites is 2. The summed E-state index contributed by atoms with van der Waals surface area (Å²) in [6.45, 7) is 1.86. The van der Waals surface area contributed by atoms with E-state index in [-0.39, 0.29) is 18.9 Å². The highest BCUT2D eigenvalue weighted by Crippen LogP contribution is 2.15. The fraction of sp³-hybridized carbons (Fsp3) is 0.211. The first kappa shape index (κ1) is 16.7. The summed E-state index contributed by atoms with van der Waals surface area (Å²) >= 11 is 0. The Hall–Kier alpha value is -3.15. The number of aliphatic carboxylic acids is 1. The highest BCUT2D eigenvalue weighted by molar-refractivity contribution is 5.85. The molecule has 2 N–H and O–H groups in total. The maximum atomic E-state index is 12.4. The van der Waals surface area contributed by atoms with E-state index in [0.29, 0.717) is 5.82 Å². The molecule has 0 aliphatic heterocycles. The molecule has 0 radical (unpaired) electrons. The number of imidazole rings is 1. The van der Waals surface area contributed by atoms with Crippen molar-refractivity contribution < 1.29 is 14.7 Å². The summed E-state index contributed by atoms with van der Waals surface area (Å²) in [5.74, 6) is -0.690. The van der Waals surface area contributed by atoms with Crippen molar-refractivity contribution in [2.24, 2.45) is 0 Å². The van der Waals surface area contributed by atoms with Gasteiger partial charge in [0.2, 0.25) is 5.91 Å². The van der Waals surface area contributed by atoms with Crippen LogP contribution in [0.3, 0.4) is 0 Å². The molecule has 0 saturated heterocycles. The van der Waals surface area contributed by atoms with Crippen LogP contribution in [-0.2, 0) is 22.6 Å². The zero-order valence-electron chi connectivity index (χ0n) is 13.8. The van der Waals surface area contributed by atoms with E-state index in [2.05, 4.69) is 10.3 Å². The predicted molar refractivity (Wildman–Crippen MR) is 94.2 cm³/mol. The molecule has 0 bridgehead atoms. The number of rotatable bonds is 6. The minimum absolute atomic E-state index is 0.0327. The number of hydrogen-bond acceptors (Lipinski definition) is 3. The number of aryl methyl sites for hydroxylation is 1. The number of carbonyl (C=O) groups excluding carboxylic acids is 1. The van der Waals surface area contributed by atoms with Crippen molar-refractivity contribution in [2.45, 2.75) is 25.9 Å². The molecule has 1 unspecified atom stereocenters. The molecule has 0 spiro atoms. The minimum atomic E-state index is -1.05. The largest absolute Gasteiger partial charge is 0.480 e. The summed E-state index contributed by atoms with van der Waals surface area (Å²) in [6.07, 6.45) is 0.242. The first-order chi connectivity index (χ1) is 12.0. The number of amides is 1. The number of nitrogens with zero attached hydrogens (tertiary/aromatic N) is 2. The Labute approximate surface area is 145 Å². The van der Waals surface area contributed by atoms with Gasteiger partial charge < -0.3 is 15.0 Å². The average Bonchev–Trinajstić information content (AvgIpc) is 2.91. The van der Waals surface area contributed by atoms with Crippen molar-refractivity contribution in [3.8, 4) is 0 Å². The van der Waals surface area contributed by atoms with Gasteiger partial charge in [-0.05, 0) is 24.6 Å². The Morgan fingerprint density at radius 2 is 1.80 bits per heavy atom. The summed E-state index contributed by atoms with van der Waals surface area (Å²) in [6, 6.07) is 15.8. The highest BCUT2D eigenvalue weighted by Gasteiger charge is 2.21. The minimum Gasteiger partial charge on any atom is -0.480 e. The number of carbonyl (C=O) groups is 2. The maximum absolute atomic E-state index is 12.4. The lowest BCUT2D eigenvalue weighted by Crippen LogP contribution is -2.43. The molecule has 0 aliphatic rings. The van der Waals surface area contributed by atoms with Gasteiger partial charge in [0, 0.05) is 6.42 Å². The van der Waals surface area contributed by atoms with Gasteiger partial charge in [-0.2, -0.15) is 0 Å². The van der Waals surface area contributed by atoms with E-state index in [1.807, 2.05) is 61.5 Å². The van der Waals surface area contributed by atoms with Crippen molar-refractivity contribution in [3.05, 3.63) is 66.0 Å². The summed E-state index contributed by atoms with van der Waals surface area (Å²) in [4.78, 5) is 28.3. The van der Waals surface area contributed by atoms with Gasteiger partial charge in [-0.3, -0.25) is 4.79 Å². The molecule has 1 amide bonds. The SMILES string of the molecule is Cc1nc2ccccc2n1CC(=O)NC(Cc1ccccc1)C(=O)O. The molecule has 6 nitrogen and oxygen atoms in total. The first-order valence-electron chi connectivity index (χ1n) is 8.02. The zero-order chi connectivity index (χ0) is 17.8. The third-order valence-electron chi connectivity index (χ3n) is 4.06. The molecule has 1 atom stereocenters. The van der Waals surface area contributed by atoms with E-state index >= 15 is 0 Å². The molecule has 0 fully saturated rings. The van der Waals surface area contributed by atoms with Crippen molar-refractivity contribution in [3.63, 3.8) is 0 Å². The molecule has 2 aromatic carbocycles. The lowest BCUT2D eigenvalue weighted by Gasteiger charge is -2.15. The van der Waals surface area contributed by atoms with Crippen molar-refractivity contribution >= 4 is 22.9 Å². The van der Waals surface area contributed by atoms with Gasteiger partial charge >= 0.3 is 5.97 Å². The van der Waals surface area contributed by atoms with E-state index < -0.39 is 12.0 Å².